The molecule has 5 heteroatoms. The van der Waals surface area contributed by atoms with Crippen molar-refractivity contribution < 1.29 is 9.13 Å². The molecule has 2 rings (SSSR count). The number of rotatable bonds is 3. The highest BCUT2D eigenvalue weighted by Crippen LogP contribution is 2.25. The van der Waals surface area contributed by atoms with Crippen LogP contribution in [0, 0.1) is 5.82 Å². The lowest BCUT2D eigenvalue weighted by molar-refractivity contribution is 0.194. The van der Waals surface area contributed by atoms with Crippen LogP contribution in [0.4, 0.5) is 4.39 Å². The third-order valence-corrected chi connectivity index (χ3v) is 4.10. The van der Waals surface area contributed by atoms with Crippen molar-refractivity contribution in [2.24, 2.45) is 5.73 Å². The predicted molar refractivity (Wildman–Crippen MR) is 78.4 cm³/mol. The Hall–Kier alpha value is -1.17. The van der Waals surface area contributed by atoms with E-state index in [1.807, 2.05) is 0 Å². The summed E-state index contributed by atoms with van der Waals surface area (Å²) < 4.78 is 19.2. The van der Waals surface area contributed by atoms with Gasteiger partial charge in [0.05, 0.1) is 7.11 Å². The fourth-order valence-corrected chi connectivity index (χ4v) is 2.81. The summed E-state index contributed by atoms with van der Waals surface area (Å²) in [6.45, 7) is 2.89. The van der Waals surface area contributed by atoms with E-state index in [4.69, 9.17) is 10.5 Å². The minimum atomic E-state index is -0.341. The van der Waals surface area contributed by atoms with Gasteiger partial charge in [0.25, 0.3) is 0 Å². The molecule has 0 aliphatic carbocycles. The van der Waals surface area contributed by atoms with Gasteiger partial charge >= 0.3 is 0 Å². The molecule has 1 aliphatic rings. The van der Waals surface area contributed by atoms with E-state index < -0.39 is 0 Å². The average molecular weight is 281 g/mol. The molecule has 1 aromatic carbocycles. The third kappa shape index (κ3) is 3.29. The Morgan fingerprint density at radius 1 is 1.35 bits per heavy atom. The van der Waals surface area contributed by atoms with Crippen LogP contribution >= 0.6 is 0 Å². The Bertz CT molecular complexity index is 455. The average Bonchev–Trinajstić information content (AvgIpc) is 2.59. The number of hydrogen-bond acceptors (Lipinski definition) is 4. The van der Waals surface area contributed by atoms with Crippen LogP contribution in [0.5, 0.6) is 5.75 Å². The van der Waals surface area contributed by atoms with Gasteiger partial charge in [-0.3, -0.25) is 0 Å². The summed E-state index contributed by atoms with van der Waals surface area (Å²) in [4.78, 5) is 4.49. The lowest BCUT2D eigenvalue weighted by Crippen LogP contribution is -2.45. The summed E-state index contributed by atoms with van der Waals surface area (Å²) in [5.41, 5.74) is 6.89. The van der Waals surface area contributed by atoms with E-state index in [-0.39, 0.29) is 17.9 Å². The number of hydrogen-bond donors (Lipinski definition) is 1. The zero-order valence-electron chi connectivity index (χ0n) is 12.5. The summed E-state index contributed by atoms with van der Waals surface area (Å²) >= 11 is 0. The maximum Gasteiger partial charge on any atom is 0.131 e. The van der Waals surface area contributed by atoms with Crippen LogP contribution in [0.3, 0.4) is 0 Å². The second kappa shape index (κ2) is 6.52. The molecule has 1 aromatic rings. The van der Waals surface area contributed by atoms with Gasteiger partial charge in [0.15, 0.2) is 0 Å². The Morgan fingerprint density at radius 2 is 2.10 bits per heavy atom. The molecule has 0 spiro atoms. The molecule has 112 valence electrons. The molecule has 2 atom stereocenters. The molecule has 1 fully saturated rings. The van der Waals surface area contributed by atoms with Crippen LogP contribution in [0.15, 0.2) is 18.2 Å². The number of halogens is 1. The lowest BCUT2D eigenvalue weighted by atomic mass is 9.98. The highest BCUT2D eigenvalue weighted by molar-refractivity contribution is 5.31. The van der Waals surface area contributed by atoms with Crippen LogP contribution in [0.25, 0.3) is 0 Å². The standard InChI is InChI=1S/C15H24FN3O/c1-18-7-4-8-19(2)14(10-18)15(17)12-6-5-11(20-3)9-13(12)16/h5-6,9,14-15H,4,7-8,10,17H2,1-3H3. The molecular weight excluding hydrogens is 257 g/mol. The first kappa shape index (κ1) is 15.2. The van der Waals surface area contributed by atoms with E-state index in [2.05, 4.69) is 23.9 Å². The van der Waals surface area contributed by atoms with Gasteiger partial charge in [-0.05, 0) is 39.7 Å². The quantitative estimate of drug-likeness (QED) is 0.911. The van der Waals surface area contributed by atoms with Gasteiger partial charge in [-0.2, -0.15) is 0 Å². The van der Waals surface area contributed by atoms with Crippen molar-refractivity contribution in [2.75, 3.05) is 40.8 Å². The molecule has 0 aromatic heterocycles. The van der Waals surface area contributed by atoms with Crippen LogP contribution in [-0.4, -0.2) is 56.7 Å². The van der Waals surface area contributed by atoms with Gasteiger partial charge < -0.3 is 20.3 Å². The summed E-state index contributed by atoms with van der Waals surface area (Å²) in [6.07, 6.45) is 1.11. The highest BCUT2D eigenvalue weighted by Gasteiger charge is 2.28. The first-order valence-electron chi connectivity index (χ1n) is 7.00. The Kier molecular flexibility index (Phi) is 4.96. The van der Waals surface area contributed by atoms with Crippen molar-refractivity contribution in [3.8, 4) is 5.75 Å². The molecule has 0 amide bonds. The molecule has 1 saturated heterocycles. The van der Waals surface area contributed by atoms with E-state index in [9.17, 15) is 4.39 Å². The maximum absolute atomic E-state index is 14.2. The second-order valence-electron chi connectivity index (χ2n) is 5.58. The van der Waals surface area contributed by atoms with E-state index in [1.165, 1.54) is 13.2 Å². The predicted octanol–water partition coefficient (Wildman–Crippen LogP) is 1.47. The van der Waals surface area contributed by atoms with E-state index in [0.717, 1.165) is 26.1 Å². The second-order valence-corrected chi connectivity index (χ2v) is 5.58. The number of ether oxygens (including phenoxy) is 1. The first-order chi connectivity index (χ1) is 9.52. The van der Waals surface area contributed by atoms with E-state index in [1.54, 1.807) is 12.1 Å². The molecule has 1 aliphatic heterocycles. The lowest BCUT2D eigenvalue weighted by Gasteiger charge is -2.32. The first-order valence-corrected chi connectivity index (χ1v) is 7.00. The highest BCUT2D eigenvalue weighted by atomic mass is 19.1. The Balaban J connectivity index is 2.22. The summed E-state index contributed by atoms with van der Waals surface area (Å²) in [6, 6.07) is 4.67. The number of likely N-dealkylation sites (N-methyl/N-ethyl adjacent to an activating group) is 2. The normalized spacial score (nSPS) is 23.4. The van der Waals surface area contributed by atoms with Gasteiger partial charge in [-0.15, -0.1) is 0 Å². The smallest absolute Gasteiger partial charge is 0.131 e. The minimum absolute atomic E-state index is 0.116. The van der Waals surface area contributed by atoms with E-state index in [0.29, 0.717) is 11.3 Å². The van der Waals surface area contributed by atoms with Crippen LogP contribution in [0.2, 0.25) is 0 Å². The molecule has 0 saturated carbocycles. The summed E-state index contributed by atoms with van der Waals surface area (Å²) in [7, 11) is 5.68. The van der Waals surface area contributed by atoms with Gasteiger partial charge in [-0.1, -0.05) is 6.07 Å². The number of nitrogens with two attached hydrogens (primary N) is 1. The minimum Gasteiger partial charge on any atom is -0.497 e. The van der Waals surface area contributed by atoms with Crippen molar-refractivity contribution in [2.45, 2.75) is 18.5 Å². The summed E-state index contributed by atoms with van der Waals surface area (Å²) in [5.74, 6) is 0.224. The molecular formula is C15H24FN3O. The fourth-order valence-electron chi connectivity index (χ4n) is 2.81. The monoisotopic (exact) mass is 281 g/mol. The van der Waals surface area contributed by atoms with Crippen molar-refractivity contribution in [3.63, 3.8) is 0 Å². The van der Waals surface area contributed by atoms with Crippen LogP contribution < -0.4 is 10.5 Å². The van der Waals surface area contributed by atoms with Gasteiger partial charge in [0, 0.05) is 30.3 Å². The molecule has 4 nitrogen and oxygen atoms in total. The van der Waals surface area contributed by atoms with Crippen molar-refractivity contribution in [1.29, 1.82) is 0 Å². The maximum atomic E-state index is 14.2. The molecule has 20 heavy (non-hydrogen) atoms. The Morgan fingerprint density at radius 3 is 2.75 bits per heavy atom. The number of nitrogens with zero attached hydrogens (tertiary/aromatic N) is 2. The van der Waals surface area contributed by atoms with E-state index >= 15 is 0 Å². The van der Waals surface area contributed by atoms with Gasteiger partial charge in [0.2, 0.25) is 0 Å². The van der Waals surface area contributed by atoms with Crippen molar-refractivity contribution >= 4 is 0 Å². The molecule has 2 N–H and O–H groups in total. The number of methoxy groups -OCH3 is 1. The zero-order chi connectivity index (χ0) is 14.7. The Labute approximate surface area is 120 Å². The molecule has 1 heterocycles. The van der Waals surface area contributed by atoms with Crippen LogP contribution in [0.1, 0.15) is 18.0 Å². The third-order valence-electron chi connectivity index (χ3n) is 4.10. The van der Waals surface area contributed by atoms with Gasteiger partial charge in [0.1, 0.15) is 11.6 Å². The number of benzene rings is 1. The van der Waals surface area contributed by atoms with Gasteiger partial charge in [-0.25, -0.2) is 4.39 Å². The molecule has 2 unspecified atom stereocenters. The zero-order valence-corrected chi connectivity index (χ0v) is 12.5. The fraction of sp³-hybridized carbons (Fsp3) is 0.600. The molecule has 0 bridgehead atoms. The van der Waals surface area contributed by atoms with Crippen molar-refractivity contribution in [3.05, 3.63) is 29.6 Å². The topological polar surface area (TPSA) is 41.7 Å². The molecule has 0 radical (unpaired) electrons. The van der Waals surface area contributed by atoms with Crippen LogP contribution in [-0.2, 0) is 0 Å². The summed E-state index contributed by atoms with van der Waals surface area (Å²) in [5, 5.41) is 0. The largest absolute Gasteiger partial charge is 0.497 e. The van der Waals surface area contributed by atoms with Crippen molar-refractivity contribution in [1.82, 2.24) is 9.80 Å². The SMILES string of the molecule is COc1ccc(C(N)C2CN(C)CCCN2C)c(F)c1.